The summed E-state index contributed by atoms with van der Waals surface area (Å²) in [4.78, 5) is 2.37. The summed E-state index contributed by atoms with van der Waals surface area (Å²) in [5, 5.41) is 0. The second-order valence-electron chi connectivity index (χ2n) is 5.17. The van der Waals surface area contributed by atoms with Crippen molar-refractivity contribution >= 4 is 5.69 Å². The van der Waals surface area contributed by atoms with Gasteiger partial charge in [0.05, 0.1) is 12.3 Å². The molecule has 0 aliphatic carbocycles. The quantitative estimate of drug-likeness (QED) is 0.890. The van der Waals surface area contributed by atoms with Crippen molar-refractivity contribution in [3.63, 3.8) is 0 Å². The number of para-hydroxylation sites is 2. The Morgan fingerprint density at radius 2 is 2.17 bits per heavy atom. The molecule has 0 saturated heterocycles. The van der Waals surface area contributed by atoms with E-state index in [9.17, 15) is 0 Å². The van der Waals surface area contributed by atoms with Gasteiger partial charge in [0.2, 0.25) is 0 Å². The maximum atomic E-state index is 6.28. The van der Waals surface area contributed by atoms with Crippen LogP contribution in [0.3, 0.4) is 0 Å². The SMILES string of the molecule is CCC(C)C(N)CN1CCCOc2ccccc21. The van der Waals surface area contributed by atoms with E-state index in [-0.39, 0.29) is 6.04 Å². The van der Waals surface area contributed by atoms with Crippen molar-refractivity contribution in [3.8, 4) is 5.75 Å². The molecular weight excluding hydrogens is 224 g/mol. The van der Waals surface area contributed by atoms with Crippen LogP contribution in [-0.4, -0.2) is 25.7 Å². The minimum Gasteiger partial charge on any atom is -0.491 e. The second-order valence-corrected chi connectivity index (χ2v) is 5.17. The van der Waals surface area contributed by atoms with Crippen LogP contribution in [0.2, 0.25) is 0 Å². The van der Waals surface area contributed by atoms with Crippen molar-refractivity contribution in [2.75, 3.05) is 24.6 Å². The normalized spacial score (nSPS) is 18.5. The summed E-state index contributed by atoms with van der Waals surface area (Å²) < 4.78 is 5.76. The number of ether oxygens (including phenoxy) is 1. The number of nitrogens with zero attached hydrogens (tertiary/aromatic N) is 1. The van der Waals surface area contributed by atoms with E-state index in [0.29, 0.717) is 5.92 Å². The smallest absolute Gasteiger partial charge is 0.142 e. The zero-order chi connectivity index (χ0) is 13.0. The van der Waals surface area contributed by atoms with Crippen molar-refractivity contribution in [1.82, 2.24) is 0 Å². The highest BCUT2D eigenvalue weighted by atomic mass is 16.5. The predicted octanol–water partition coefficient (Wildman–Crippen LogP) is 2.65. The third-order valence-electron chi connectivity index (χ3n) is 3.84. The Bertz CT molecular complexity index is 381. The van der Waals surface area contributed by atoms with Gasteiger partial charge in [-0.1, -0.05) is 32.4 Å². The molecule has 0 bridgehead atoms. The van der Waals surface area contributed by atoms with Gasteiger partial charge in [0.1, 0.15) is 5.75 Å². The largest absolute Gasteiger partial charge is 0.491 e. The molecule has 1 aliphatic heterocycles. The standard InChI is InChI=1S/C15H24N2O/c1-3-12(2)13(16)11-17-9-6-10-18-15-8-5-4-7-14(15)17/h4-5,7-8,12-13H,3,6,9-11,16H2,1-2H3. The van der Waals surface area contributed by atoms with Crippen molar-refractivity contribution in [2.24, 2.45) is 11.7 Å². The summed E-state index contributed by atoms with van der Waals surface area (Å²) in [6.07, 6.45) is 2.19. The maximum absolute atomic E-state index is 6.28. The fourth-order valence-electron chi connectivity index (χ4n) is 2.33. The topological polar surface area (TPSA) is 38.5 Å². The van der Waals surface area contributed by atoms with Crippen LogP contribution in [0.25, 0.3) is 0 Å². The molecule has 18 heavy (non-hydrogen) atoms. The Balaban J connectivity index is 2.13. The summed E-state index contributed by atoms with van der Waals surface area (Å²) in [6, 6.07) is 8.49. The Morgan fingerprint density at radius 1 is 1.39 bits per heavy atom. The van der Waals surface area contributed by atoms with Crippen molar-refractivity contribution in [2.45, 2.75) is 32.7 Å². The molecule has 1 aromatic carbocycles. The molecule has 1 heterocycles. The molecular formula is C15H24N2O. The van der Waals surface area contributed by atoms with Crippen molar-refractivity contribution in [3.05, 3.63) is 24.3 Å². The highest BCUT2D eigenvalue weighted by molar-refractivity contribution is 5.59. The number of benzene rings is 1. The number of anilines is 1. The molecule has 0 saturated carbocycles. The van der Waals surface area contributed by atoms with E-state index in [4.69, 9.17) is 10.5 Å². The van der Waals surface area contributed by atoms with Crippen molar-refractivity contribution in [1.29, 1.82) is 0 Å². The van der Waals surface area contributed by atoms with Gasteiger partial charge in [-0.3, -0.25) is 0 Å². The van der Waals surface area contributed by atoms with Gasteiger partial charge in [0, 0.05) is 19.1 Å². The lowest BCUT2D eigenvalue weighted by molar-refractivity contribution is 0.322. The molecule has 2 atom stereocenters. The van der Waals surface area contributed by atoms with Crippen LogP contribution in [0.5, 0.6) is 5.75 Å². The second kappa shape index (κ2) is 6.10. The molecule has 2 N–H and O–H groups in total. The molecule has 0 aromatic heterocycles. The molecule has 2 unspecified atom stereocenters. The number of hydrogen-bond donors (Lipinski definition) is 1. The van der Waals surface area contributed by atoms with E-state index >= 15 is 0 Å². The first-order chi connectivity index (χ1) is 8.72. The van der Waals surface area contributed by atoms with Crippen LogP contribution in [0.1, 0.15) is 26.7 Å². The molecule has 3 heteroatoms. The first kappa shape index (κ1) is 13.2. The fourth-order valence-corrected chi connectivity index (χ4v) is 2.33. The number of hydrogen-bond acceptors (Lipinski definition) is 3. The summed E-state index contributed by atoms with van der Waals surface area (Å²) in [7, 11) is 0. The van der Waals surface area contributed by atoms with Gasteiger partial charge >= 0.3 is 0 Å². The van der Waals surface area contributed by atoms with E-state index in [0.717, 1.165) is 38.3 Å². The lowest BCUT2D eigenvalue weighted by Crippen LogP contribution is -2.41. The molecule has 100 valence electrons. The van der Waals surface area contributed by atoms with Crippen LogP contribution in [0.4, 0.5) is 5.69 Å². The minimum absolute atomic E-state index is 0.223. The highest BCUT2D eigenvalue weighted by Gasteiger charge is 2.20. The summed E-state index contributed by atoms with van der Waals surface area (Å²) in [6.45, 7) is 7.16. The number of fused-ring (bicyclic) bond motifs is 1. The molecule has 1 aromatic rings. The zero-order valence-electron chi connectivity index (χ0n) is 11.4. The Morgan fingerprint density at radius 3 is 2.94 bits per heavy atom. The first-order valence-corrected chi connectivity index (χ1v) is 6.94. The molecule has 3 nitrogen and oxygen atoms in total. The Kier molecular flexibility index (Phi) is 4.48. The lowest BCUT2D eigenvalue weighted by atomic mass is 9.99. The Labute approximate surface area is 110 Å². The zero-order valence-corrected chi connectivity index (χ0v) is 11.4. The minimum atomic E-state index is 0.223. The van der Waals surface area contributed by atoms with E-state index in [1.807, 2.05) is 12.1 Å². The molecule has 0 fully saturated rings. The van der Waals surface area contributed by atoms with Crippen LogP contribution < -0.4 is 15.4 Å². The number of rotatable bonds is 4. The maximum Gasteiger partial charge on any atom is 0.142 e. The monoisotopic (exact) mass is 248 g/mol. The molecule has 0 spiro atoms. The van der Waals surface area contributed by atoms with Crippen LogP contribution in [0.15, 0.2) is 24.3 Å². The number of nitrogens with two attached hydrogens (primary N) is 1. The molecule has 0 amide bonds. The Hall–Kier alpha value is -1.22. The van der Waals surface area contributed by atoms with Gasteiger partial charge in [0.15, 0.2) is 0 Å². The molecule has 2 rings (SSSR count). The summed E-state index contributed by atoms with van der Waals surface area (Å²) >= 11 is 0. The van der Waals surface area contributed by atoms with Gasteiger partial charge in [-0.05, 0) is 24.5 Å². The van der Waals surface area contributed by atoms with E-state index in [2.05, 4.69) is 30.9 Å². The van der Waals surface area contributed by atoms with E-state index in [1.54, 1.807) is 0 Å². The van der Waals surface area contributed by atoms with E-state index in [1.165, 1.54) is 5.69 Å². The average Bonchev–Trinajstić information content (AvgIpc) is 2.60. The van der Waals surface area contributed by atoms with Gasteiger partial charge in [-0.25, -0.2) is 0 Å². The third-order valence-corrected chi connectivity index (χ3v) is 3.84. The fraction of sp³-hybridized carbons (Fsp3) is 0.600. The van der Waals surface area contributed by atoms with E-state index < -0.39 is 0 Å². The van der Waals surface area contributed by atoms with Crippen LogP contribution in [-0.2, 0) is 0 Å². The first-order valence-electron chi connectivity index (χ1n) is 6.94. The highest BCUT2D eigenvalue weighted by Crippen LogP contribution is 2.30. The van der Waals surface area contributed by atoms with Gasteiger partial charge < -0.3 is 15.4 Å². The summed E-state index contributed by atoms with van der Waals surface area (Å²) in [5.74, 6) is 1.55. The van der Waals surface area contributed by atoms with Gasteiger partial charge in [-0.15, -0.1) is 0 Å². The lowest BCUT2D eigenvalue weighted by Gasteiger charge is -2.29. The molecule has 0 radical (unpaired) electrons. The predicted molar refractivity (Wildman–Crippen MR) is 76.2 cm³/mol. The van der Waals surface area contributed by atoms with Crippen molar-refractivity contribution < 1.29 is 4.74 Å². The van der Waals surface area contributed by atoms with Crippen LogP contribution >= 0.6 is 0 Å². The molecule has 1 aliphatic rings. The summed E-state index contributed by atoms with van der Waals surface area (Å²) in [5.41, 5.74) is 7.47. The van der Waals surface area contributed by atoms with Gasteiger partial charge in [-0.2, -0.15) is 0 Å². The van der Waals surface area contributed by atoms with Gasteiger partial charge in [0.25, 0.3) is 0 Å². The third kappa shape index (κ3) is 2.96. The van der Waals surface area contributed by atoms with Crippen LogP contribution in [0, 0.1) is 5.92 Å². The average molecular weight is 248 g/mol.